The van der Waals surface area contributed by atoms with Crippen LogP contribution in [-0.4, -0.2) is 18.0 Å². The largest absolute Gasteiger partial charge is 0.291 e. The Balaban J connectivity index is 1.95. The van der Waals surface area contributed by atoms with Crippen LogP contribution in [0.4, 0.5) is 0 Å². The Morgan fingerprint density at radius 3 is 2.75 bits per heavy atom. The molecule has 0 aromatic carbocycles. The molecular formula is C9H10BrNS. The first-order valence-electron chi connectivity index (χ1n) is 3.95. The minimum Gasteiger partial charge on any atom is -0.291 e. The first-order valence-corrected chi connectivity index (χ1v) is 5.62. The van der Waals surface area contributed by atoms with Crippen molar-refractivity contribution in [3.8, 4) is 0 Å². The number of rotatable bonds is 2. The van der Waals surface area contributed by atoms with Gasteiger partial charge in [0.05, 0.1) is 0 Å². The average Bonchev–Trinajstić information content (AvgIpc) is 2.63. The van der Waals surface area contributed by atoms with Crippen molar-refractivity contribution >= 4 is 27.3 Å². The van der Waals surface area contributed by atoms with E-state index in [0.29, 0.717) is 0 Å². The minimum atomic E-state index is 1.09. The third-order valence-corrected chi connectivity index (χ3v) is 3.58. The van der Waals surface area contributed by atoms with Gasteiger partial charge in [0.15, 0.2) is 0 Å². The number of halogens is 1. The highest BCUT2D eigenvalue weighted by atomic mass is 79.9. The predicted molar refractivity (Wildman–Crippen MR) is 56.4 cm³/mol. The maximum Gasteiger partial charge on any atom is 0.0334 e. The van der Waals surface area contributed by atoms with Crippen molar-refractivity contribution in [2.75, 3.05) is 13.1 Å². The topological polar surface area (TPSA) is 3.24 Å². The van der Waals surface area contributed by atoms with E-state index in [1.54, 1.807) is 0 Å². The van der Waals surface area contributed by atoms with Gasteiger partial charge in [0.25, 0.3) is 0 Å². The molecule has 0 radical (unpaired) electrons. The second-order valence-corrected chi connectivity index (χ2v) is 4.81. The fourth-order valence-electron chi connectivity index (χ4n) is 1.31. The van der Waals surface area contributed by atoms with Crippen LogP contribution in [0.1, 0.15) is 4.88 Å². The van der Waals surface area contributed by atoms with Crippen LogP contribution in [-0.2, 0) is 6.54 Å². The van der Waals surface area contributed by atoms with E-state index >= 15 is 0 Å². The van der Waals surface area contributed by atoms with E-state index in [2.05, 4.69) is 44.4 Å². The van der Waals surface area contributed by atoms with Crippen LogP contribution >= 0.6 is 27.3 Å². The van der Waals surface area contributed by atoms with E-state index in [4.69, 9.17) is 0 Å². The molecule has 1 aliphatic rings. The van der Waals surface area contributed by atoms with Crippen molar-refractivity contribution in [2.45, 2.75) is 6.54 Å². The molecule has 2 rings (SSSR count). The highest BCUT2D eigenvalue weighted by Gasteiger charge is 2.07. The zero-order valence-electron chi connectivity index (χ0n) is 6.66. The molecule has 0 atom stereocenters. The average molecular weight is 244 g/mol. The number of nitrogens with zero attached hydrogens (tertiary/aromatic N) is 1. The van der Waals surface area contributed by atoms with Crippen molar-refractivity contribution < 1.29 is 0 Å². The van der Waals surface area contributed by atoms with Crippen LogP contribution in [0.25, 0.3) is 0 Å². The molecule has 0 aliphatic carbocycles. The molecule has 0 spiro atoms. The molecule has 1 aromatic heterocycles. The fraction of sp³-hybridized carbons (Fsp3) is 0.333. The summed E-state index contributed by atoms with van der Waals surface area (Å²) in [7, 11) is 0. The van der Waals surface area contributed by atoms with Crippen molar-refractivity contribution in [1.29, 1.82) is 0 Å². The first kappa shape index (κ1) is 8.48. The zero-order valence-corrected chi connectivity index (χ0v) is 9.07. The quantitative estimate of drug-likeness (QED) is 0.723. The molecular weight excluding hydrogens is 234 g/mol. The molecule has 0 unspecified atom stereocenters. The van der Waals surface area contributed by atoms with E-state index < -0.39 is 0 Å². The SMILES string of the molecule is Brc1csc(CN2CC=CC2)c1. The van der Waals surface area contributed by atoms with Crippen molar-refractivity contribution in [3.05, 3.63) is 32.9 Å². The van der Waals surface area contributed by atoms with Crippen molar-refractivity contribution in [1.82, 2.24) is 4.90 Å². The summed E-state index contributed by atoms with van der Waals surface area (Å²) >= 11 is 5.28. The number of hydrogen-bond acceptors (Lipinski definition) is 2. The number of thiophene rings is 1. The minimum absolute atomic E-state index is 1.09. The van der Waals surface area contributed by atoms with Crippen LogP contribution in [0.5, 0.6) is 0 Å². The Morgan fingerprint density at radius 1 is 1.42 bits per heavy atom. The van der Waals surface area contributed by atoms with Gasteiger partial charge in [-0.1, -0.05) is 12.2 Å². The summed E-state index contributed by atoms with van der Waals surface area (Å²) in [6.07, 6.45) is 4.45. The van der Waals surface area contributed by atoms with Gasteiger partial charge in [0, 0.05) is 34.4 Å². The lowest BCUT2D eigenvalue weighted by molar-refractivity contribution is 0.348. The van der Waals surface area contributed by atoms with Crippen LogP contribution < -0.4 is 0 Å². The van der Waals surface area contributed by atoms with E-state index in [1.165, 1.54) is 9.35 Å². The summed E-state index contributed by atoms with van der Waals surface area (Å²) in [6.45, 7) is 3.30. The molecule has 0 amide bonds. The van der Waals surface area contributed by atoms with Crippen molar-refractivity contribution in [2.24, 2.45) is 0 Å². The highest BCUT2D eigenvalue weighted by molar-refractivity contribution is 9.10. The molecule has 0 saturated carbocycles. The molecule has 0 saturated heterocycles. The summed E-state index contributed by atoms with van der Waals surface area (Å²) in [6, 6.07) is 2.20. The third kappa shape index (κ3) is 1.97. The van der Waals surface area contributed by atoms with Gasteiger partial charge in [0.2, 0.25) is 0 Å². The van der Waals surface area contributed by atoms with Crippen LogP contribution in [0.3, 0.4) is 0 Å². The molecule has 0 bridgehead atoms. The van der Waals surface area contributed by atoms with Gasteiger partial charge in [-0.25, -0.2) is 0 Å². The summed E-state index contributed by atoms with van der Waals surface area (Å²) in [5, 5.41) is 2.14. The molecule has 2 heterocycles. The highest BCUT2D eigenvalue weighted by Crippen LogP contribution is 2.21. The molecule has 3 heteroatoms. The monoisotopic (exact) mass is 243 g/mol. The van der Waals surface area contributed by atoms with Gasteiger partial charge in [-0.05, 0) is 22.0 Å². The lowest BCUT2D eigenvalue weighted by Crippen LogP contribution is -2.18. The molecule has 1 aromatic rings. The molecule has 12 heavy (non-hydrogen) atoms. The van der Waals surface area contributed by atoms with Gasteiger partial charge in [-0.2, -0.15) is 0 Å². The van der Waals surface area contributed by atoms with E-state index in [0.717, 1.165) is 19.6 Å². The zero-order chi connectivity index (χ0) is 8.39. The standard InChI is InChI=1S/C9H10BrNS/c10-8-5-9(12-7-8)6-11-3-1-2-4-11/h1-2,5,7H,3-4,6H2. The summed E-state index contributed by atoms with van der Waals surface area (Å²) in [4.78, 5) is 3.85. The Kier molecular flexibility index (Phi) is 2.63. The maximum atomic E-state index is 3.46. The Labute approximate surface area is 84.8 Å². The second-order valence-electron chi connectivity index (χ2n) is 2.90. The normalized spacial score (nSPS) is 17.4. The summed E-state index contributed by atoms with van der Waals surface area (Å²) in [5.41, 5.74) is 0. The lowest BCUT2D eigenvalue weighted by Gasteiger charge is -2.12. The second kappa shape index (κ2) is 3.73. The summed E-state index contributed by atoms with van der Waals surface area (Å²) in [5.74, 6) is 0. The van der Waals surface area contributed by atoms with Gasteiger partial charge in [-0.3, -0.25) is 4.90 Å². The van der Waals surface area contributed by atoms with E-state index in [1.807, 2.05) is 11.3 Å². The smallest absolute Gasteiger partial charge is 0.0334 e. The maximum absolute atomic E-state index is 3.46. The van der Waals surface area contributed by atoms with Gasteiger partial charge in [-0.15, -0.1) is 11.3 Å². The predicted octanol–water partition coefficient (Wildman–Crippen LogP) is 2.88. The van der Waals surface area contributed by atoms with Crippen LogP contribution in [0.15, 0.2) is 28.1 Å². The molecule has 1 nitrogen and oxygen atoms in total. The lowest BCUT2D eigenvalue weighted by atomic mass is 10.4. The Morgan fingerprint density at radius 2 is 2.17 bits per heavy atom. The molecule has 64 valence electrons. The number of hydrogen-bond donors (Lipinski definition) is 0. The van der Waals surface area contributed by atoms with Gasteiger partial charge >= 0.3 is 0 Å². The van der Waals surface area contributed by atoms with Gasteiger partial charge in [0.1, 0.15) is 0 Å². The first-order chi connectivity index (χ1) is 5.84. The molecule has 1 aliphatic heterocycles. The van der Waals surface area contributed by atoms with Crippen LogP contribution in [0, 0.1) is 0 Å². The Bertz CT molecular complexity index is 284. The van der Waals surface area contributed by atoms with E-state index in [-0.39, 0.29) is 0 Å². The fourth-order valence-corrected chi connectivity index (χ4v) is 2.80. The molecule has 0 N–H and O–H groups in total. The van der Waals surface area contributed by atoms with Crippen molar-refractivity contribution in [3.63, 3.8) is 0 Å². The van der Waals surface area contributed by atoms with E-state index in [9.17, 15) is 0 Å². The van der Waals surface area contributed by atoms with Gasteiger partial charge < -0.3 is 0 Å². The van der Waals surface area contributed by atoms with Crippen LogP contribution in [0.2, 0.25) is 0 Å². The third-order valence-electron chi connectivity index (χ3n) is 1.90. The molecule has 0 fully saturated rings. The summed E-state index contributed by atoms with van der Waals surface area (Å²) < 4.78 is 1.20. The Hall–Kier alpha value is -0.120.